The first-order chi connectivity index (χ1) is 17.0. The van der Waals surface area contributed by atoms with Crippen LogP contribution in [0.4, 0.5) is 0 Å². The topological polar surface area (TPSA) is 145 Å². The monoisotopic (exact) mass is 602 g/mol. The highest BCUT2D eigenvalue weighted by Gasteiger charge is 2.76. The number of aliphatic carboxylic acids is 1. The number of hydrogen-bond acceptors (Lipinski definition) is 7. The Labute approximate surface area is 223 Å². The summed E-state index contributed by atoms with van der Waals surface area (Å²) in [6, 6.07) is 3.06. The van der Waals surface area contributed by atoms with Gasteiger partial charge in [-0.2, -0.15) is 0 Å². The van der Waals surface area contributed by atoms with E-state index in [9.17, 15) is 29.1 Å². The Hall–Kier alpha value is -2.21. The van der Waals surface area contributed by atoms with Crippen molar-refractivity contribution in [1.29, 1.82) is 0 Å². The summed E-state index contributed by atoms with van der Waals surface area (Å²) in [7, 11) is 0. The van der Waals surface area contributed by atoms with Gasteiger partial charge in [-0.1, -0.05) is 27.6 Å². The minimum atomic E-state index is -1.98. The van der Waals surface area contributed by atoms with Gasteiger partial charge in [-0.25, -0.2) is 0 Å². The molecule has 6 atom stereocenters. The number of nitrogens with zero attached hydrogens (tertiary/aromatic N) is 2. The number of aliphatic hydroxyl groups excluding tert-OH is 1. The normalized spacial score (nSPS) is 35.6. The zero-order chi connectivity index (χ0) is 26.2. The Morgan fingerprint density at radius 1 is 1.11 bits per heavy atom. The van der Waals surface area contributed by atoms with Gasteiger partial charge in [0.15, 0.2) is 9.75 Å². The van der Waals surface area contributed by atoms with E-state index in [1.165, 1.54) is 6.07 Å². The summed E-state index contributed by atoms with van der Waals surface area (Å²) in [5.41, 5.74) is 0.413. The molecule has 0 bridgehead atoms. The molecule has 5 rings (SSSR count). The molecule has 0 radical (unpaired) electrons. The van der Waals surface area contributed by atoms with E-state index in [1.807, 2.05) is 0 Å². The van der Waals surface area contributed by atoms with E-state index in [0.717, 1.165) is 9.80 Å². The number of amides is 4. The van der Waals surface area contributed by atoms with Gasteiger partial charge in [-0.15, -0.1) is 23.2 Å². The van der Waals surface area contributed by atoms with Gasteiger partial charge >= 0.3 is 5.97 Å². The molecule has 3 fully saturated rings. The fourth-order valence-electron chi connectivity index (χ4n) is 6.19. The summed E-state index contributed by atoms with van der Waals surface area (Å²) in [6.45, 7) is -0.670. The van der Waals surface area contributed by atoms with Gasteiger partial charge in [0, 0.05) is 6.54 Å². The third-order valence-electron chi connectivity index (χ3n) is 7.78. The van der Waals surface area contributed by atoms with E-state index >= 15 is 0 Å². The average molecular weight is 604 g/mol. The highest BCUT2D eigenvalue weighted by Crippen LogP contribution is 2.65. The highest BCUT2D eigenvalue weighted by atomic mass is 79.9. The number of carbonyl (C=O) groups excluding carboxylic acids is 4. The quantitative estimate of drug-likeness (QED) is 0.217. The van der Waals surface area contributed by atoms with Crippen LogP contribution in [-0.2, 0) is 30.6 Å². The molecule has 4 amide bonds. The lowest BCUT2D eigenvalue weighted by atomic mass is 9.57. The number of alkyl halides is 3. The molecule has 2 saturated heterocycles. The molecule has 1 aromatic rings. The summed E-state index contributed by atoms with van der Waals surface area (Å²) in [6.07, 6.45) is 1.35. The van der Waals surface area contributed by atoms with Crippen LogP contribution in [0.1, 0.15) is 36.7 Å². The highest BCUT2D eigenvalue weighted by molar-refractivity contribution is 9.09. The number of furan rings is 1. The van der Waals surface area contributed by atoms with Gasteiger partial charge in [0.25, 0.3) is 11.8 Å². The van der Waals surface area contributed by atoms with Crippen molar-refractivity contribution >= 4 is 68.7 Å². The molecule has 1 aromatic heterocycles. The van der Waals surface area contributed by atoms with Crippen LogP contribution in [0.5, 0.6) is 0 Å². The van der Waals surface area contributed by atoms with Crippen LogP contribution in [0.25, 0.3) is 0 Å². The van der Waals surface area contributed by atoms with Crippen molar-refractivity contribution in [2.24, 2.45) is 17.8 Å². The first kappa shape index (κ1) is 25.4. The first-order valence-electron chi connectivity index (χ1n) is 11.3. The van der Waals surface area contributed by atoms with Crippen molar-refractivity contribution in [2.75, 3.05) is 12.0 Å². The molecule has 6 unspecified atom stereocenters. The Bertz CT molecular complexity index is 1230. The lowest BCUT2D eigenvalue weighted by molar-refractivity contribution is -0.143. The molecule has 3 heterocycles. The fraction of sp³-hybridized carbons (Fsp3) is 0.522. The maximum absolute atomic E-state index is 13.5. The van der Waals surface area contributed by atoms with Gasteiger partial charge in [0.05, 0.1) is 29.6 Å². The van der Waals surface area contributed by atoms with Gasteiger partial charge in [0.1, 0.15) is 18.1 Å². The first-order valence-corrected chi connectivity index (χ1v) is 13.2. The van der Waals surface area contributed by atoms with Crippen molar-refractivity contribution in [1.82, 2.24) is 9.80 Å². The second-order valence-corrected chi connectivity index (χ2v) is 11.2. The van der Waals surface area contributed by atoms with Crippen LogP contribution in [0.2, 0.25) is 0 Å². The van der Waals surface area contributed by atoms with Crippen molar-refractivity contribution in [3.8, 4) is 0 Å². The molecular formula is C23H21BrCl2N2O8. The van der Waals surface area contributed by atoms with Crippen LogP contribution in [0.3, 0.4) is 0 Å². The number of imide groups is 2. The zero-order valence-electron chi connectivity index (χ0n) is 18.7. The molecule has 192 valence electrons. The molecule has 10 nitrogen and oxygen atoms in total. The average Bonchev–Trinajstić information content (AvgIpc) is 3.44. The molecule has 1 saturated carbocycles. The minimum Gasteiger partial charge on any atom is -0.481 e. The van der Waals surface area contributed by atoms with E-state index in [1.54, 1.807) is 12.1 Å². The number of carbonyl (C=O) groups is 5. The fourth-order valence-corrected chi connectivity index (χ4v) is 7.60. The summed E-state index contributed by atoms with van der Waals surface area (Å²) >= 11 is 17.2. The molecule has 2 aliphatic carbocycles. The standard InChI is InChI=1S/C23H21BrCl2N2O8/c24-9-28-20(34)22(25)7-13-11(17(23(22,26)21(28)35)14-4-1-10(8-29)36-14)2-3-12-16(13)19(33)27(18(12)32)6-5-15(30)31/h1-2,4,12-13,16-17,29H,3,5-9H2,(H,30,31). The van der Waals surface area contributed by atoms with E-state index in [-0.39, 0.29) is 36.4 Å². The Morgan fingerprint density at radius 3 is 2.44 bits per heavy atom. The predicted molar refractivity (Wildman–Crippen MR) is 127 cm³/mol. The Balaban J connectivity index is 1.64. The lowest BCUT2D eigenvalue weighted by Gasteiger charge is -2.49. The number of carboxylic acid groups (broad SMARTS) is 1. The number of halogens is 3. The minimum absolute atomic E-state index is 0.142. The second-order valence-electron chi connectivity index (χ2n) is 9.42. The molecule has 0 aromatic carbocycles. The molecule has 2 aliphatic heterocycles. The third-order valence-corrected chi connectivity index (χ3v) is 9.69. The summed E-state index contributed by atoms with van der Waals surface area (Å²) in [5, 5.41) is 18.6. The number of allylic oxidation sites excluding steroid dienone is 2. The zero-order valence-corrected chi connectivity index (χ0v) is 21.8. The molecule has 36 heavy (non-hydrogen) atoms. The molecule has 13 heteroatoms. The summed E-state index contributed by atoms with van der Waals surface area (Å²) in [5.74, 6) is -6.58. The number of aliphatic hydroxyl groups is 1. The second kappa shape index (κ2) is 8.68. The van der Waals surface area contributed by atoms with Crippen molar-refractivity contribution in [3.63, 3.8) is 0 Å². The van der Waals surface area contributed by atoms with Gasteiger partial charge in [-0.3, -0.25) is 33.8 Å². The van der Waals surface area contributed by atoms with Crippen LogP contribution in [0, 0.1) is 17.8 Å². The van der Waals surface area contributed by atoms with E-state index < -0.39 is 76.0 Å². The SMILES string of the molecule is O=C(O)CCN1C(=O)C2CC=C3C(CC4(Cl)C(=O)N(CBr)C(=O)C4(Cl)C3c3ccc(CO)o3)C2C1=O. The predicted octanol–water partition coefficient (Wildman–Crippen LogP) is 1.96. The largest absolute Gasteiger partial charge is 0.481 e. The van der Waals surface area contributed by atoms with E-state index in [4.69, 9.17) is 32.7 Å². The number of fused-ring (bicyclic) bond motifs is 4. The number of hydrogen-bond donors (Lipinski definition) is 2. The van der Waals surface area contributed by atoms with E-state index in [2.05, 4.69) is 15.9 Å². The van der Waals surface area contributed by atoms with Crippen LogP contribution >= 0.6 is 39.1 Å². The number of likely N-dealkylation sites (tertiary alicyclic amines) is 2. The van der Waals surface area contributed by atoms with Crippen LogP contribution in [0.15, 0.2) is 28.2 Å². The molecule has 2 N–H and O–H groups in total. The Kier molecular flexibility index (Phi) is 6.13. The maximum Gasteiger partial charge on any atom is 0.305 e. The van der Waals surface area contributed by atoms with Crippen molar-refractivity contribution in [2.45, 2.75) is 41.5 Å². The van der Waals surface area contributed by atoms with Gasteiger partial charge in [-0.05, 0) is 30.9 Å². The smallest absolute Gasteiger partial charge is 0.305 e. The van der Waals surface area contributed by atoms with Gasteiger partial charge < -0.3 is 14.6 Å². The number of carboxylic acids is 1. The van der Waals surface area contributed by atoms with Crippen molar-refractivity contribution < 1.29 is 38.6 Å². The molecule has 4 aliphatic rings. The molecule has 0 spiro atoms. The lowest BCUT2D eigenvalue weighted by Crippen LogP contribution is -2.60. The van der Waals surface area contributed by atoms with Crippen LogP contribution < -0.4 is 0 Å². The summed E-state index contributed by atoms with van der Waals surface area (Å²) < 4.78 is 5.78. The van der Waals surface area contributed by atoms with Gasteiger partial charge in [0.2, 0.25) is 11.8 Å². The van der Waals surface area contributed by atoms with Crippen molar-refractivity contribution in [3.05, 3.63) is 35.3 Å². The van der Waals surface area contributed by atoms with Crippen LogP contribution in [-0.4, -0.2) is 71.4 Å². The summed E-state index contributed by atoms with van der Waals surface area (Å²) in [4.78, 5) is 62.5. The third kappa shape index (κ3) is 3.22. The number of rotatable bonds is 6. The maximum atomic E-state index is 13.5. The Morgan fingerprint density at radius 2 is 1.83 bits per heavy atom. The molecular weight excluding hydrogens is 583 g/mol. The van der Waals surface area contributed by atoms with E-state index in [0.29, 0.717) is 5.57 Å².